The maximum atomic E-state index is 12.9. The van der Waals surface area contributed by atoms with E-state index in [0.717, 1.165) is 0 Å². The summed E-state index contributed by atoms with van der Waals surface area (Å²) in [6.45, 7) is 4.43. The summed E-state index contributed by atoms with van der Waals surface area (Å²) in [5.74, 6) is 0.0663. The minimum atomic E-state index is -1.18. The number of benzene rings is 1. The van der Waals surface area contributed by atoms with E-state index >= 15 is 0 Å². The number of hydrogen-bond acceptors (Lipinski definition) is 3. The molecule has 21 heavy (non-hydrogen) atoms. The van der Waals surface area contributed by atoms with Crippen LogP contribution in [0.5, 0.6) is 0 Å². The van der Waals surface area contributed by atoms with E-state index in [4.69, 9.17) is 10.5 Å². The van der Waals surface area contributed by atoms with Crippen molar-refractivity contribution in [3.63, 3.8) is 0 Å². The first-order chi connectivity index (χ1) is 9.49. The Bertz CT molecular complexity index is 474. The Morgan fingerprint density at radius 3 is 2.52 bits per heavy atom. The van der Waals surface area contributed by atoms with Gasteiger partial charge in [-0.1, -0.05) is 12.1 Å². The first kappa shape index (κ1) is 18.1. The smallest absolute Gasteiger partial charge is 0.191 e. The Morgan fingerprint density at radius 2 is 1.95 bits per heavy atom. The molecule has 0 amide bonds. The predicted octanol–water partition coefficient (Wildman–Crippen LogP) is 1.30. The van der Waals surface area contributed by atoms with Gasteiger partial charge in [0, 0.05) is 13.1 Å². The number of aliphatic hydroxyl groups is 1. The highest BCUT2D eigenvalue weighted by molar-refractivity contribution is 14.0. The van der Waals surface area contributed by atoms with E-state index in [2.05, 4.69) is 4.99 Å². The average Bonchev–Trinajstić information content (AvgIpc) is 2.46. The summed E-state index contributed by atoms with van der Waals surface area (Å²) in [5.41, 5.74) is 5.34. The van der Waals surface area contributed by atoms with Crippen LogP contribution in [-0.2, 0) is 10.3 Å². The topological polar surface area (TPSA) is 71.1 Å². The Kier molecular flexibility index (Phi) is 6.82. The molecule has 1 atom stereocenters. The van der Waals surface area contributed by atoms with E-state index in [0.29, 0.717) is 37.8 Å². The third-order valence-electron chi connectivity index (χ3n) is 3.35. The van der Waals surface area contributed by atoms with Gasteiger partial charge >= 0.3 is 0 Å². The van der Waals surface area contributed by atoms with Crippen LogP contribution in [0, 0.1) is 5.82 Å². The second-order valence-corrected chi connectivity index (χ2v) is 5.05. The Labute approximate surface area is 141 Å². The zero-order valence-electron chi connectivity index (χ0n) is 12.0. The van der Waals surface area contributed by atoms with Gasteiger partial charge in [-0.05, 0) is 24.6 Å². The van der Waals surface area contributed by atoms with Gasteiger partial charge in [-0.2, -0.15) is 0 Å². The summed E-state index contributed by atoms with van der Waals surface area (Å²) in [6, 6.07) is 5.74. The fraction of sp³-hybridized carbons (Fsp3) is 0.500. The van der Waals surface area contributed by atoms with Crippen LogP contribution in [0.1, 0.15) is 12.5 Å². The molecule has 3 N–H and O–H groups in total. The first-order valence-electron chi connectivity index (χ1n) is 6.60. The highest BCUT2D eigenvalue weighted by atomic mass is 127. The van der Waals surface area contributed by atoms with E-state index in [1.165, 1.54) is 12.1 Å². The number of aliphatic imine (C=N–C) groups is 1. The summed E-state index contributed by atoms with van der Waals surface area (Å²) >= 11 is 0. The summed E-state index contributed by atoms with van der Waals surface area (Å²) < 4.78 is 18.1. The Hall–Kier alpha value is -0.930. The van der Waals surface area contributed by atoms with E-state index in [1.807, 2.05) is 4.90 Å². The van der Waals surface area contributed by atoms with Crippen molar-refractivity contribution in [1.82, 2.24) is 4.90 Å². The average molecular weight is 409 g/mol. The number of guanidine groups is 1. The number of nitrogens with zero attached hydrogens (tertiary/aromatic N) is 2. The lowest BCUT2D eigenvalue weighted by Crippen LogP contribution is -2.45. The van der Waals surface area contributed by atoms with Crippen molar-refractivity contribution in [2.24, 2.45) is 10.7 Å². The molecule has 1 aromatic carbocycles. The summed E-state index contributed by atoms with van der Waals surface area (Å²) in [6.07, 6.45) is 0. The standard InChI is InChI=1S/C14H20FN3O2.HI/c1-14(19,11-2-4-12(15)5-3-11)10-17-13(16)18-6-8-20-9-7-18;/h2-5,19H,6-10H2,1H3,(H2,16,17);1H. The van der Waals surface area contributed by atoms with E-state index in [9.17, 15) is 9.50 Å². The van der Waals surface area contributed by atoms with Crippen molar-refractivity contribution in [2.45, 2.75) is 12.5 Å². The molecular weight excluding hydrogens is 388 g/mol. The maximum Gasteiger partial charge on any atom is 0.191 e. The summed E-state index contributed by atoms with van der Waals surface area (Å²) in [7, 11) is 0. The zero-order chi connectivity index (χ0) is 14.6. The van der Waals surface area contributed by atoms with E-state index in [-0.39, 0.29) is 36.3 Å². The van der Waals surface area contributed by atoms with Crippen LogP contribution in [-0.4, -0.2) is 48.8 Å². The lowest BCUT2D eigenvalue weighted by atomic mass is 9.96. The molecule has 118 valence electrons. The van der Waals surface area contributed by atoms with Crippen LogP contribution >= 0.6 is 24.0 Å². The molecule has 0 spiro atoms. The lowest BCUT2D eigenvalue weighted by molar-refractivity contribution is 0.0617. The van der Waals surface area contributed by atoms with Gasteiger partial charge in [0.25, 0.3) is 0 Å². The minimum Gasteiger partial charge on any atom is -0.384 e. The van der Waals surface area contributed by atoms with Crippen molar-refractivity contribution in [3.05, 3.63) is 35.6 Å². The molecule has 0 aliphatic carbocycles. The molecule has 1 aliphatic heterocycles. The van der Waals surface area contributed by atoms with Crippen LogP contribution in [0.4, 0.5) is 4.39 Å². The monoisotopic (exact) mass is 409 g/mol. The summed E-state index contributed by atoms with van der Waals surface area (Å²) in [5, 5.41) is 10.4. The number of hydrogen-bond donors (Lipinski definition) is 2. The normalized spacial score (nSPS) is 18.8. The molecule has 1 aromatic rings. The largest absolute Gasteiger partial charge is 0.384 e. The van der Waals surface area contributed by atoms with Crippen molar-refractivity contribution in [1.29, 1.82) is 0 Å². The highest BCUT2D eigenvalue weighted by Gasteiger charge is 2.23. The molecule has 7 heteroatoms. The van der Waals surface area contributed by atoms with E-state index < -0.39 is 5.60 Å². The maximum absolute atomic E-state index is 12.9. The second kappa shape index (κ2) is 7.90. The molecule has 1 heterocycles. The van der Waals surface area contributed by atoms with Crippen LogP contribution in [0.3, 0.4) is 0 Å². The van der Waals surface area contributed by atoms with Crippen LogP contribution in [0.2, 0.25) is 0 Å². The molecule has 1 unspecified atom stereocenters. The van der Waals surface area contributed by atoms with Crippen molar-refractivity contribution in [2.75, 3.05) is 32.8 Å². The fourth-order valence-electron chi connectivity index (χ4n) is 2.03. The third-order valence-corrected chi connectivity index (χ3v) is 3.35. The molecule has 0 aromatic heterocycles. The van der Waals surface area contributed by atoms with Gasteiger partial charge in [0.05, 0.1) is 19.8 Å². The molecule has 1 aliphatic rings. The molecule has 0 bridgehead atoms. The second-order valence-electron chi connectivity index (χ2n) is 5.05. The quantitative estimate of drug-likeness (QED) is 0.449. The van der Waals surface area contributed by atoms with Crippen molar-refractivity contribution >= 4 is 29.9 Å². The fourth-order valence-corrected chi connectivity index (χ4v) is 2.03. The lowest BCUT2D eigenvalue weighted by Gasteiger charge is -2.28. The predicted molar refractivity (Wildman–Crippen MR) is 90.3 cm³/mol. The SMILES string of the molecule is CC(O)(CN=C(N)N1CCOCC1)c1ccc(F)cc1.I. The zero-order valence-corrected chi connectivity index (χ0v) is 14.3. The number of ether oxygens (including phenoxy) is 1. The first-order valence-corrected chi connectivity index (χ1v) is 6.60. The van der Waals surface area contributed by atoms with Gasteiger partial charge in [0.15, 0.2) is 5.96 Å². The summed E-state index contributed by atoms with van der Waals surface area (Å²) in [4.78, 5) is 6.16. The molecule has 0 radical (unpaired) electrons. The van der Waals surface area contributed by atoms with Crippen LogP contribution < -0.4 is 5.73 Å². The Balaban J connectivity index is 0.00000220. The third kappa shape index (κ3) is 5.08. The molecule has 2 rings (SSSR count). The minimum absolute atomic E-state index is 0. The van der Waals surface area contributed by atoms with Gasteiger partial charge in [-0.3, -0.25) is 0 Å². The molecule has 0 saturated carbocycles. The molecular formula is C14H21FIN3O2. The van der Waals surface area contributed by atoms with Gasteiger partial charge in [-0.15, -0.1) is 24.0 Å². The number of nitrogens with two attached hydrogens (primary N) is 1. The van der Waals surface area contributed by atoms with Crippen LogP contribution in [0.25, 0.3) is 0 Å². The Morgan fingerprint density at radius 1 is 1.38 bits per heavy atom. The van der Waals surface area contributed by atoms with Crippen LogP contribution in [0.15, 0.2) is 29.3 Å². The molecule has 5 nitrogen and oxygen atoms in total. The van der Waals surface area contributed by atoms with Crippen molar-refractivity contribution < 1.29 is 14.2 Å². The van der Waals surface area contributed by atoms with Crippen molar-refractivity contribution in [3.8, 4) is 0 Å². The molecule has 1 fully saturated rings. The molecule has 1 saturated heterocycles. The van der Waals surface area contributed by atoms with E-state index in [1.54, 1.807) is 19.1 Å². The number of morpholine rings is 1. The number of halogens is 2. The number of rotatable bonds is 3. The van der Waals surface area contributed by atoms with Gasteiger partial charge in [0.1, 0.15) is 11.4 Å². The highest BCUT2D eigenvalue weighted by Crippen LogP contribution is 2.21. The van der Waals surface area contributed by atoms with Gasteiger partial charge < -0.3 is 20.5 Å². The van der Waals surface area contributed by atoms with Gasteiger partial charge in [0.2, 0.25) is 0 Å². The van der Waals surface area contributed by atoms with Gasteiger partial charge in [-0.25, -0.2) is 9.38 Å².